The Balaban J connectivity index is 1.60. The lowest BCUT2D eigenvalue weighted by Crippen LogP contribution is -2.51. The van der Waals surface area contributed by atoms with Gasteiger partial charge in [-0.25, -0.2) is 0 Å². The van der Waals surface area contributed by atoms with E-state index in [1.165, 1.54) is 38.8 Å². The number of piperazine rings is 1. The first-order chi connectivity index (χ1) is 9.79. The Labute approximate surface area is 129 Å². The van der Waals surface area contributed by atoms with Crippen molar-refractivity contribution in [2.24, 2.45) is 5.73 Å². The highest BCUT2D eigenvalue weighted by atomic mass is 79.9. The number of nitrogens with zero attached hydrogens (tertiary/aromatic N) is 2. The minimum atomic E-state index is 0.199. The third-order valence-corrected chi connectivity index (χ3v) is 5.46. The molecule has 2 heterocycles. The molecule has 2 aliphatic rings. The number of hydrogen-bond donors (Lipinski definition) is 1. The lowest BCUT2D eigenvalue weighted by atomic mass is 10.1. The van der Waals surface area contributed by atoms with Gasteiger partial charge in [-0.05, 0) is 34.8 Å². The maximum atomic E-state index is 5.98. The summed E-state index contributed by atoms with van der Waals surface area (Å²) in [6.07, 6.45) is 7.34. The van der Waals surface area contributed by atoms with E-state index in [1.807, 2.05) is 6.07 Å². The molecule has 0 amide bonds. The van der Waals surface area contributed by atoms with Crippen LogP contribution < -0.4 is 5.73 Å². The monoisotopic (exact) mass is 341 g/mol. The van der Waals surface area contributed by atoms with Gasteiger partial charge in [-0.15, -0.1) is 0 Å². The topological polar surface area (TPSA) is 45.6 Å². The van der Waals surface area contributed by atoms with Gasteiger partial charge in [-0.2, -0.15) is 0 Å². The van der Waals surface area contributed by atoms with E-state index in [9.17, 15) is 0 Å². The molecule has 1 aliphatic carbocycles. The molecule has 1 aliphatic heterocycles. The summed E-state index contributed by atoms with van der Waals surface area (Å²) >= 11 is 3.55. The number of rotatable bonds is 4. The van der Waals surface area contributed by atoms with Gasteiger partial charge in [0.2, 0.25) is 0 Å². The predicted octanol–water partition coefficient (Wildman–Crippen LogP) is 2.60. The van der Waals surface area contributed by atoms with Crippen LogP contribution in [0.4, 0.5) is 0 Å². The third kappa shape index (κ3) is 2.96. The van der Waals surface area contributed by atoms with Crippen molar-refractivity contribution in [2.75, 3.05) is 32.7 Å². The smallest absolute Gasteiger partial charge is 0.136 e. The third-order valence-electron chi connectivity index (χ3n) is 4.80. The highest BCUT2D eigenvalue weighted by Gasteiger charge is 2.30. The molecule has 1 saturated carbocycles. The van der Waals surface area contributed by atoms with Gasteiger partial charge >= 0.3 is 0 Å². The van der Waals surface area contributed by atoms with E-state index in [-0.39, 0.29) is 6.04 Å². The Morgan fingerprint density at radius 1 is 1.25 bits per heavy atom. The molecule has 0 radical (unpaired) electrons. The van der Waals surface area contributed by atoms with E-state index in [2.05, 4.69) is 25.7 Å². The van der Waals surface area contributed by atoms with Gasteiger partial charge in [-0.3, -0.25) is 9.80 Å². The fourth-order valence-electron chi connectivity index (χ4n) is 3.65. The van der Waals surface area contributed by atoms with E-state index in [1.54, 1.807) is 6.26 Å². The average Bonchev–Trinajstić information content (AvgIpc) is 3.13. The van der Waals surface area contributed by atoms with Crippen molar-refractivity contribution in [3.63, 3.8) is 0 Å². The van der Waals surface area contributed by atoms with Crippen molar-refractivity contribution in [3.8, 4) is 0 Å². The fourth-order valence-corrected chi connectivity index (χ4v) is 4.11. The maximum Gasteiger partial charge on any atom is 0.136 e. The number of nitrogens with two attached hydrogens (primary N) is 1. The highest BCUT2D eigenvalue weighted by Crippen LogP contribution is 2.30. The van der Waals surface area contributed by atoms with Gasteiger partial charge in [-0.1, -0.05) is 12.8 Å². The van der Waals surface area contributed by atoms with Gasteiger partial charge in [0.15, 0.2) is 0 Å². The summed E-state index contributed by atoms with van der Waals surface area (Å²) in [4.78, 5) is 5.14. The summed E-state index contributed by atoms with van der Waals surface area (Å²) < 4.78 is 6.65. The quantitative estimate of drug-likeness (QED) is 0.914. The zero-order valence-electron chi connectivity index (χ0n) is 11.9. The van der Waals surface area contributed by atoms with E-state index in [4.69, 9.17) is 10.2 Å². The van der Waals surface area contributed by atoms with Crippen molar-refractivity contribution in [1.29, 1.82) is 0 Å². The van der Waals surface area contributed by atoms with E-state index in [0.29, 0.717) is 6.54 Å². The normalized spacial score (nSPS) is 24.3. The molecule has 112 valence electrons. The molecule has 1 unspecified atom stereocenters. The molecule has 1 aromatic rings. The standard InChI is InChI=1S/C15H24BrN3O/c16-13-5-10-20-15(13)14(11-17)19-8-6-18(7-9-19)12-3-1-2-4-12/h5,10,12,14H,1-4,6-9,11,17H2. The first-order valence-corrected chi connectivity index (χ1v) is 8.50. The molecule has 0 spiro atoms. The fraction of sp³-hybridized carbons (Fsp3) is 0.733. The van der Waals surface area contributed by atoms with Crippen LogP contribution in [0.1, 0.15) is 37.5 Å². The lowest BCUT2D eigenvalue weighted by Gasteiger charge is -2.40. The minimum Gasteiger partial charge on any atom is -0.466 e. The molecule has 5 heteroatoms. The molecule has 2 fully saturated rings. The van der Waals surface area contributed by atoms with Gasteiger partial charge in [0.1, 0.15) is 5.76 Å². The summed E-state index contributed by atoms with van der Waals surface area (Å²) in [6, 6.07) is 2.99. The number of furan rings is 1. The Hall–Kier alpha value is -0.360. The van der Waals surface area contributed by atoms with Gasteiger partial charge in [0, 0.05) is 38.8 Å². The van der Waals surface area contributed by atoms with Crippen LogP contribution in [-0.2, 0) is 0 Å². The Bertz CT molecular complexity index is 423. The molecule has 0 bridgehead atoms. The molecule has 3 rings (SSSR count). The summed E-state index contributed by atoms with van der Waals surface area (Å²) in [6.45, 7) is 5.12. The van der Waals surface area contributed by atoms with Crippen molar-refractivity contribution >= 4 is 15.9 Å². The van der Waals surface area contributed by atoms with Crippen LogP contribution >= 0.6 is 15.9 Å². The van der Waals surface area contributed by atoms with Crippen molar-refractivity contribution in [2.45, 2.75) is 37.8 Å². The number of halogens is 1. The lowest BCUT2D eigenvalue weighted by molar-refractivity contribution is 0.0654. The van der Waals surface area contributed by atoms with Gasteiger partial charge in [0.05, 0.1) is 16.8 Å². The van der Waals surface area contributed by atoms with Gasteiger partial charge in [0.25, 0.3) is 0 Å². The molecular formula is C15H24BrN3O. The van der Waals surface area contributed by atoms with E-state index >= 15 is 0 Å². The van der Waals surface area contributed by atoms with Gasteiger partial charge < -0.3 is 10.2 Å². The molecular weight excluding hydrogens is 318 g/mol. The molecule has 1 saturated heterocycles. The molecule has 1 aromatic heterocycles. The van der Waals surface area contributed by atoms with Crippen LogP contribution in [0.5, 0.6) is 0 Å². The summed E-state index contributed by atoms with van der Waals surface area (Å²) in [5, 5.41) is 0. The molecule has 0 aromatic carbocycles. The van der Waals surface area contributed by atoms with Crippen molar-refractivity contribution in [3.05, 3.63) is 22.6 Å². The second-order valence-electron chi connectivity index (χ2n) is 5.89. The zero-order chi connectivity index (χ0) is 13.9. The van der Waals surface area contributed by atoms with Crippen LogP contribution in [-0.4, -0.2) is 48.6 Å². The maximum absolute atomic E-state index is 5.98. The summed E-state index contributed by atoms with van der Waals surface area (Å²) in [7, 11) is 0. The SMILES string of the molecule is NCC(c1occc1Br)N1CCN(C2CCCC2)CC1. The summed E-state index contributed by atoms with van der Waals surface area (Å²) in [5.41, 5.74) is 5.98. The van der Waals surface area contributed by atoms with Crippen molar-refractivity contribution < 1.29 is 4.42 Å². The first kappa shape index (κ1) is 14.6. The Morgan fingerprint density at radius 2 is 1.95 bits per heavy atom. The average molecular weight is 342 g/mol. The summed E-state index contributed by atoms with van der Waals surface area (Å²) in [5.74, 6) is 0.974. The van der Waals surface area contributed by atoms with Crippen LogP contribution in [0.25, 0.3) is 0 Å². The molecule has 2 N–H and O–H groups in total. The molecule has 20 heavy (non-hydrogen) atoms. The zero-order valence-corrected chi connectivity index (χ0v) is 13.5. The molecule has 4 nitrogen and oxygen atoms in total. The van der Waals surface area contributed by atoms with Crippen LogP contribution in [0.3, 0.4) is 0 Å². The first-order valence-electron chi connectivity index (χ1n) is 7.70. The second-order valence-corrected chi connectivity index (χ2v) is 6.75. The Morgan fingerprint density at radius 3 is 2.50 bits per heavy atom. The van der Waals surface area contributed by atoms with Crippen LogP contribution in [0.2, 0.25) is 0 Å². The predicted molar refractivity (Wildman–Crippen MR) is 83.6 cm³/mol. The number of hydrogen-bond acceptors (Lipinski definition) is 4. The van der Waals surface area contributed by atoms with E-state index in [0.717, 1.165) is 29.4 Å². The second kappa shape index (κ2) is 6.60. The Kier molecular flexibility index (Phi) is 4.81. The largest absolute Gasteiger partial charge is 0.466 e. The van der Waals surface area contributed by atoms with E-state index < -0.39 is 0 Å². The van der Waals surface area contributed by atoms with Crippen LogP contribution in [0.15, 0.2) is 21.2 Å². The van der Waals surface area contributed by atoms with Crippen molar-refractivity contribution in [1.82, 2.24) is 9.80 Å². The highest BCUT2D eigenvalue weighted by molar-refractivity contribution is 9.10. The minimum absolute atomic E-state index is 0.199. The van der Waals surface area contributed by atoms with Crippen LogP contribution in [0, 0.1) is 0 Å². The molecule has 1 atom stereocenters.